The van der Waals surface area contributed by atoms with Gasteiger partial charge >= 0.3 is 0 Å². The number of rotatable bonds is 6. The van der Waals surface area contributed by atoms with Gasteiger partial charge in [0, 0.05) is 18.6 Å². The van der Waals surface area contributed by atoms with Gasteiger partial charge in [-0.3, -0.25) is 15.0 Å². The Labute approximate surface area is 124 Å². The topological polar surface area (TPSA) is 52.6 Å². The number of nitrogens with zero attached hydrogens (tertiary/aromatic N) is 1. The average Bonchev–Trinajstić information content (AvgIpc) is 2.95. The van der Waals surface area contributed by atoms with E-state index in [1.54, 1.807) is 0 Å². The third-order valence-corrected chi connectivity index (χ3v) is 4.94. The molecule has 0 amide bonds. The first-order chi connectivity index (χ1) is 9.52. The van der Waals surface area contributed by atoms with Gasteiger partial charge in [-0.1, -0.05) is 13.0 Å². The minimum Gasteiger partial charge on any atom is -0.379 e. The van der Waals surface area contributed by atoms with Crippen molar-refractivity contribution in [2.75, 3.05) is 19.6 Å². The number of likely N-dealkylation sites (tertiary alicyclic amines) is 1. The highest BCUT2D eigenvalue weighted by atomic mass is 32.1. The zero-order valence-corrected chi connectivity index (χ0v) is 13.1. The SMILES string of the molecule is CC[C@H](O)NC1(C)CCN(CC(=O)c2cccs2)CC1. The van der Waals surface area contributed by atoms with Gasteiger partial charge in [0.1, 0.15) is 6.23 Å². The summed E-state index contributed by atoms with van der Waals surface area (Å²) in [7, 11) is 0. The molecule has 0 bridgehead atoms. The molecule has 0 aliphatic carbocycles. The maximum atomic E-state index is 12.1. The number of ketones is 1. The molecular weight excluding hydrogens is 272 g/mol. The molecule has 20 heavy (non-hydrogen) atoms. The zero-order valence-electron chi connectivity index (χ0n) is 12.3. The van der Waals surface area contributed by atoms with Gasteiger partial charge in [0.25, 0.3) is 0 Å². The lowest BCUT2D eigenvalue weighted by molar-refractivity contribution is 0.0556. The van der Waals surface area contributed by atoms with E-state index in [0.717, 1.165) is 37.2 Å². The number of carbonyl (C=O) groups is 1. The number of piperidine rings is 1. The number of Topliss-reactive ketones (excluding diaryl/α,β-unsaturated/α-hetero) is 1. The predicted molar refractivity (Wildman–Crippen MR) is 82.2 cm³/mol. The van der Waals surface area contributed by atoms with Gasteiger partial charge in [0.2, 0.25) is 0 Å². The number of aliphatic hydroxyl groups is 1. The van der Waals surface area contributed by atoms with Crippen LogP contribution in [0.1, 0.15) is 42.8 Å². The molecule has 0 unspecified atom stereocenters. The smallest absolute Gasteiger partial charge is 0.186 e. The lowest BCUT2D eigenvalue weighted by Crippen LogP contribution is -2.55. The van der Waals surface area contributed by atoms with E-state index in [9.17, 15) is 9.90 Å². The minimum absolute atomic E-state index is 0.0160. The van der Waals surface area contributed by atoms with Crippen molar-refractivity contribution in [3.05, 3.63) is 22.4 Å². The van der Waals surface area contributed by atoms with E-state index in [4.69, 9.17) is 0 Å². The normalized spacial score (nSPS) is 20.8. The van der Waals surface area contributed by atoms with Crippen molar-refractivity contribution in [1.29, 1.82) is 0 Å². The molecule has 112 valence electrons. The molecule has 0 saturated carbocycles. The van der Waals surface area contributed by atoms with Crippen LogP contribution in [-0.2, 0) is 0 Å². The largest absolute Gasteiger partial charge is 0.379 e. The standard InChI is InChI=1S/C15H24N2O2S/c1-3-14(19)16-15(2)6-8-17(9-7-15)11-12(18)13-5-4-10-20-13/h4-5,10,14,16,19H,3,6-9,11H2,1-2H3/t14-/m0/s1. The maximum Gasteiger partial charge on any atom is 0.186 e. The van der Waals surface area contributed by atoms with E-state index in [1.807, 2.05) is 24.4 Å². The number of hydrogen-bond donors (Lipinski definition) is 2. The van der Waals surface area contributed by atoms with E-state index in [-0.39, 0.29) is 11.3 Å². The van der Waals surface area contributed by atoms with Crippen LogP contribution in [-0.4, -0.2) is 47.2 Å². The third-order valence-electron chi connectivity index (χ3n) is 4.02. The molecule has 0 spiro atoms. The molecule has 4 nitrogen and oxygen atoms in total. The molecular formula is C15H24N2O2S. The first-order valence-corrected chi connectivity index (χ1v) is 8.15. The van der Waals surface area contributed by atoms with E-state index >= 15 is 0 Å². The van der Waals surface area contributed by atoms with Crippen molar-refractivity contribution in [2.24, 2.45) is 0 Å². The summed E-state index contributed by atoms with van der Waals surface area (Å²) in [5, 5.41) is 15.0. The molecule has 0 radical (unpaired) electrons. The molecule has 5 heteroatoms. The summed E-state index contributed by atoms with van der Waals surface area (Å²) in [6.07, 6.45) is 2.21. The number of nitrogens with one attached hydrogen (secondary N) is 1. The molecule has 1 fully saturated rings. The average molecular weight is 296 g/mol. The van der Waals surface area contributed by atoms with Crippen molar-refractivity contribution in [1.82, 2.24) is 10.2 Å². The van der Waals surface area contributed by atoms with E-state index in [1.165, 1.54) is 11.3 Å². The van der Waals surface area contributed by atoms with Crippen LogP contribution >= 0.6 is 11.3 Å². The van der Waals surface area contributed by atoms with Crippen LogP contribution < -0.4 is 5.32 Å². The molecule has 2 heterocycles. The summed E-state index contributed by atoms with van der Waals surface area (Å²) in [6, 6.07) is 3.81. The van der Waals surface area contributed by atoms with Gasteiger partial charge in [0.15, 0.2) is 5.78 Å². The highest BCUT2D eigenvalue weighted by Gasteiger charge is 2.31. The molecule has 1 saturated heterocycles. The molecule has 0 aromatic carbocycles. The first-order valence-electron chi connectivity index (χ1n) is 7.27. The highest BCUT2D eigenvalue weighted by Crippen LogP contribution is 2.23. The van der Waals surface area contributed by atoms with Crippen molar-refractivity contribution >= 4 is 17.1 Å². The fourth-order valence-electron chi connectivity index (χ4n) is 2.57. The van der Waals surface area contributed by atoms with Crippen LogP contribution in [0.25, 0.3) is 0 Å². The Kier molecular flexibility index (Phi) is 5.32. The van der Waals surface area contributed by atoms with Crippen LogP contribution in [0.5, 0.6) is 0 Å². The number of hydrogen-bond acceptors (Lipinski definition) is 5. The molecule has 1 aromatic rings. The summed E-state index contributed by atoms with van der Waals surface area (Å²) in [5.74, 6) is 0.213. The summed E-state index contributed by atoms with van der Waals surface area (Å²) < 4.78 is 0. The Morgan fingerprint density at radius 3 is 2.80 bits per heavy atom. The Morgan fingerprint density at radius 1 is 1.55 bits per heavy atom. The second-order valence-electron chi connectivity index (χ2n) is 5.81. The second kappa shape index (κ2) is 6.80. The van der Waals surface area contributed by atoms with Crippen LogP contribution in [0.4, 0.5) is 0 Å². The Morgan fingerprint density at radius 2 is 2.25 bits per heavy atom. The quantitative estimate of drug-likeness (QED) is 0.623. The van der Waals surface area contributed by atoms with Gasteiger partial charge < -0.3 is 5.11 Å². The summed E-state index contributed by atoms with van der Waals surface area (Å²) >= 11 is 1.51. The van der Waals surface area contributed by atoms with Gasteiger partial charge in [-0.2, -0.15) is 0 Å². The molecule has 1 atom stereocenters. The zero-order chi connectivity index (χ0) is 14.6. The van der Waals surface area contributed by atoms with Crippen LogP contribution in [0, 0.1) is 0 Å². The predicted octanol–water partition coefficient (Wildman–Crippen LogP) is 2.10. The highest BCUT2D eigenvalue weighted by molar-refractivity contribution is 7.12. The van der Waals surface area contributed by atoms with Crippen molar-refractivity contribution in [3.63, 3.8) is 0 Å². The van der Waals surface area contributed by atoms with Crippen LogP contribution in [0.3, 0.4) is 0 Å². The lowest BCUT2D eigenvalue weighted by Gasteiger charge is -2.41. The Bertz CT molecular complexity index is 425. The summed E-state index contributed by atoms with van der Waals surface area (Å²) in [5.41, 5.74) is -0.0160. The number of carbonyl (C=O) groups excluding carboxylic acids is 1. The van der Waals surface area contributed by atoms with E-state index < -0.39 is 6.23 Å². The second-order valence-corrected chi connectivity index (χ2v) is 6.75. The third kappa shape index (κ3) is 4.12. The molecule has 1 aliphatic heterocycles. The van der Waals surface area contributed by atoms with Gasteiger partial charge in [-0.25, -0.2) is 0 Å². The molecule has 1 aliphatic rings. The lowest BCUT2D eigenvalue weighted by atomic mass is 9.89. The van der Waals surface area contributed by atoms with Gasteiger partial charge in [-0.15, -0.1) is 11.3 Å². The van der Waals surface area contributed by atoms with E-state index in [0.29, 0.717) is 6.54 Å². The number of thiophene rings is 1. The maximum absolute atomic E-state index is 12.1. The fourth-order valence-corrected chi connectivity index (χ4v) is 3.23. The fraction of sp³-hybridized carbons (Fsp3) is 0.667. The molecule has 2 rings (SSSR count). The summed E-state index contributed by atoms with van der Waals surface area (Å²) in [6.45, 7) is 6.43. The molecule has 2 N–H and O–H groups in total. The van der Waals surface area contributed by atoms with Crippen molar-refractivity contribution in [2.45, 2.75) is 44.9 Å². The number of aliphatic hydroxyl groups excluding tert-OH is 1. The summed E-state index contributed by atoms with van der Waals surface area (Å²) in [4.78, 5) is 15.1. The van der Waals surface area contributed by atoms with Gasteiger partial charge in [0.05, 0.1) is 11.4 Å². The van der Waals surface area contributed by atoms with Gasteiger partial charge in [-0.05, 0) is 37.6 Å². The van der Waals surface area contributed by atoms with Crippen LogP contribution in [0.15, 0.2) is 17.5 Å². The molecule has 1 aromatic heterocycles. The Balaban J connectivity index is 1.81. The van der Waals surface area contributed by atoms with Crippen molar-refractivity contribution < 1.29 is 9.90 Å². The van der Waals surface area contributed by atoms with Crippen molar-refractivity contribution in [3.8, 4) is 0 Å². The van der Waals surface area contributed by atoms with Crippen LogP contribution in [0.2, 0.25) is 0 Å². The monoisotopic (exact) mass is 296 g/mol. The Hall–Kier alpha value is -0.750. The first kappa shape index (κ1) is 15.6. The van der Waals surface area contributed by atoms with E-state index in [2.05, 4.69) is 17.1 Å². The minimum atomic E-state index is -0.431.